The lowest BCUT2D eigenvalue weighted by molar-refractivity contribution is 0.0420. The zero-order valence-electron chi connectivity index (χ0n) is 9.26. The fourth-order valence-corrected chi connectivity index (χ4v) is 1.91. The van der Waals surface area contributed by atoms with Gasteiger partial charge in [-0.15, -0.1) is 0 Å². The summed E-state index contributed by atoms with van der Waals surface area (Å²) in [6.07, 6.45) is 1.16. The van der Waals surface area contributed by atoms with Gasteiger partial charge in [-0.1, -0.05) is 6.07 Å². The van der Waals surface area contributed by atoms with Crippen LogP contribution in [0, 0.1) is 5.92 Å². The van der Waals surface area contributed by atoms with Gasteiger partial charge in [-0.25, -0.2) is 0 Å². The number of hydrogen-bond donors (Lipinski definition) is 4. The number of amides is 1. The van der Waals surface area contributed by atoms with Gasteiger partial charge in [0.05, 0.1) is 11.7 Å². The summed E-state index contributed by atoms with van der Waals surface area (Å²) in [7, 11) is 0. The maximum Gasteiger partial charge on any atom is 0.255 e. The van der Waals surface area contributed by atoms with Crippen molar-refractivity contribution in [3.63, 3.8) is 0 Å². The number of aliphatic hydroxyl groups excluding tert-OH is 1. The van der Waals surface area contributed by atoms with Gasteiger partial charge in [0.15, 0.2) is 11.5 Å². The van der Waals surface area contributed by atoms with Crippen molar-refractivity contribution in [2.24, 2.45) is 5.92 Å². The van der Waals surface area contributed by atoms with E-state index in [1.165, 1.54) is 18.2 Å². The first-order valence-electron chi connectivity index (χ1n) is 5.55. The van der Waals surface area contributed by atoms with Gasteiger partial charge >= 0.3 is 0 Å². The summed E-state index contributed by atoms with van der Waals surface area (Å²) >= 11 is 0. The second-order valence-corrected chi connectivity index (χ2v) is 4.37. The van der Waals surface area contributed by atoms with Crippen LogP contribution in [0.15, 0.2) is 18.2 Å². The molecule has 4 N–H and O–H groups in total. The third kappa shape index (κ3) is 2.50. The molecule has 0 aromatic heterocycles. The van der Waals surface area contributed by atoms with Gasteiger partial charge in [0.2, 0.25) is 0 Å². The van der Waals surface area contributed by atoms with Gasteiger partial charge in [-0.3, -0.25) is 4.79 Å². The molecular weight excluding hydrogens is 222 g/mol. The van der Waals surface area contributed by atoms with Crippen molar-refractivity contribution < 1.29 is 20.1 Å². The Balaban J connectivity index is 1.93. The lowest BCUT2D eigenvalue weighted by Gasteiger charge is -2.31. The minimum absolute atomic E-state index is 0.0601. The molecule has 0 radical (unpaired) electrons. The van der Waals surface area contributed by atoms with Crippen molar-refractivity contribution in [2.45, 2.75) is 18.9 Å². The molecule has 17 heavy (non-hydrogen) atoms. The number of phenolic OH excluding ortho intramolecular Hbond substituents is 2. The molecule has 1 aliphatic rings. The maximum absolute atomic E-state index is 11.7. The molecule has 0 heterocycles. The van der Waals surface area contributed by atoms with E-state index in [4.69, 9.17) is 5.11 Å². The van der Waals surface area contributed by atoms with E-state index in [1.54, 1.807) is 0 Å². The summed E-state index contributed by atoms with van der Waals surface area (Å²) < 4.78 is 0. The van der Waals surface area contributed by atoms with Crippen LogP contribution in [0.1, 0.15) is 23.2 Å². The molecule has 1 saturated carbocycles. The molecule has 0 unspecified atom stereocenters. The van der Waals surface area contributed by atoms with Crippen molar-refractivity contribution >= 4 is 5.91 Å². The largest absolute Gasteiger partial charge is 0.504 e. The molecule has 2 rings (SSSR count). The highest BCUT2D eigenvalue weighted by molar-refractivity contribution is 5.97. The van der Waals surface area contributed by atoms with Crippen molar-refractivity contribution in [1.82, 2.24) is 5.32 Å². The zero-order valence-corrected chi connectivity index (χ0v) is 9.26. The van der Waals surface area contributed by atoms with E-state index >= 15 is 0 Å². The van der Waals surface area contributed by atoms with E-state index in [-0.39, 0.29) is 17.4 Å². The van der Waals surface area contributed by atoms with Crippen molar-refractivity contribution in [3.8, 4) is 11.5 Å². The Morgan fingerprint density at radius 1 is 1.35 bits per heavy atom. The summed E-state index contributed by atoms with van der Waals surface area (Å²) in [5.41, 5.74) is 0.0601. The van der Waals surface area contributed by atoms with Crippen LogP contribution in [-0.2, 0) is 0 Å². The fraction of sp³-hybridized carbons (Fsp3) is 0.417. The molecule has 0 atom stereocenters. The summed E-state index contributed by atoms with van der Waals surface area (Å²) in [5, 5.41) is 30.5. The molecule has 5 heteroatoms. The molecule has 1 amide bonds. The van der Waals surface area contributed by atoms with E-state index < -0.39 is 11.7 Å². The third-order valence-electron chi connectivity index (χ3n) is 3.02. The number of carbonyl (C=O) groups is 1. The average molecular weight is 237 g/mol. The van der Waals surface area contributed by atoms with Crippen LogP contribution in [0.5, 0.6) is 11.5 Å². The highest BCUT2D eigenvalue weighted by Gasteiger charge is 2.27. The number of para-hydroxylation sites is 1. The van der Waals surface area contributed by atoms with Crippen LogP contribution in [0.25, 0.3) is 0 Å². The van der Waals surface area contributed by atoms with E-state index in [1.807, 2.05) is 0 Å². The number of carbonyl (C=O) groups excluding carboxylic acids is 1. The Morgan fingerprint density at radius 2 is 2.06 bits per heavy atom. The molecule has 1 fully saturated rings. The number of benzene rings is 1. The molecule has 1 aromatic carbocycles. The Hall–Kier alpha value is -1.75. The van der Waals surface area contributed by atoms with Crippen LogP contribution >= 0.6 is 0 Å². The maximum atomic E-state index is 11.7. The summed E-state index contributed by atoms with van der Waals surface area (Å²) in [6, 6.07) is 4.26. The Morgan fingerprint density at radius 3 is 2.71 bits per heavy atom. The van der Waals surface area contributed by atoms with Crippen molar-refractivity contribution in [1.29, 1.82) is 0 Å². The highest BCUT2D eigenvalue weighted by atomic mass is 16.3. The Kier molecular flexibility index (Phi) is 3.19. The summed E-state index contributed by atoms with van der Waals surface area (Å²) in [5.74, 6) is -0.830. The molecule has 0 bridgehead atoms. The minimum atomic E-state index is -0.417. The van der Waals surface area contributed by atoms with Crippen LogP contribution in [-0.4, -0.2) is 33.9 Å². The fourth-order valence-electron chi connectivity index (χ4n) is 1.91. The number of aromatic hydroxyl groups is 2. The molecule has 1 aromatic rings. The van der Waals surface area contributed by atoms with E-state index in [0.717, 1.165) is 0 Å². The van der Waals surface area contributed by atoms with Gasteiger partial charge in [-0.2, -0.15) is 0 Å². The Bertz CT molecular complexity index is 427. The van der Waals surface area contributed by atoms with Crippen molar-refractivity contribution in [3.05, 3.63) is 23.8 Å². The summed E-state index contributed by atoms with van der Waals surface area (Å²) in [6.45, 7) is 0.477. The van der Waals surface area contributed by atoms with Crippen LogP contribution in [0.4, 0.5) is 0 Å². The third-order valence-corrected chi connectivity index (χ3v) is 3.02. The number of rotatable bonds is 3. The average Bonchev–Trinajstić information content (AvgIpc) is 2.26. The smallest absolute Gasteiger partial charge is 0.255 e. The van der Waals surface area contributed by atoms with Crippen molar-refractivity contribution in [2.75, 3.05) is 6.54 Å². The minimum Gasteiger partial charge on any atom is -0.504 e. The highest BCUT2D eigenvalue weighted by Crippen LogP contribution is 2.29. The van der Waals surface area contributed by atoms with Gasteiger partial charge in [0, 0.05) is 6.54 Å². The quantitative estimate of drug-likeness (QED) is 0.579. The lowest BCUT2D eigenvalue weighted by Crippen LogP contribution is -2.38. The number of nitrogens with one attached hydrogen (secondary N) is 1. The first-order valence-corrected chi connectivity index (χ1v) is 5.55. The molecule has 5 nitrogen and oxygen atoms in total. The second-order valence-electron chi connectivity index (χ2n) is 4.37. The van der Waals surface area contributed by atoms with Gasteiger partial charge < -0.3 is 20.6 Å². The van der Waals surface area contributed by atoms with Gasteiger partial charge in [0.25, 0.3) is 5.91 Å². The molecule has 0 spiro atoms. The molecular formula is C12H15NO4. The van der Waals surface area contributed by atoms with E-state index in [0.29, 0.717) is 25.3 Å². The zero-order chi connectivity index (χ0) is 12.4. The SMILES string of the molecule is O=C(NCC1CC(O)C1)c1cccc(O)c1O. The first-order chi connectivity index (χ1) is 8.08. The normalized spacial score (nSPS) is 22.9. The standard InChI is InChI=1S/C12H15NO4/c14-8-4-7(5-8)6-13-12(17)9-2-1-3-10(15)11(9)16/h1-3,7-8,14-16H,4-6H2,(H,13,17). The van der Waals surface area contributed by atoms with Crippen LogP contribution < -0.4 is 5.32 Å². The van der Waals surface area contributed by atoms with Gasteiger partial charge in [-0.05, 0) is 30.9 Å². The van der Waals surface area contributed by atoms with E-state index in [9.17, 15) is 15.0 Å². The van der Waals surface area contributed by atoms with Gasteiger partial charge in [0.1, 0.15) is 0 Å². The van der Waals surface area contributed by atoms with Crippen LogP contribution in [0.2, 0.25) is 0 Å². The van der Waals surface area contributed by atoms with E-state index in [2.05, 4.69) is 5.32 Å². The molecule has 0 saturated heterocycles. The number of phenols is 2. The second kappa shape index (κ2) is 4.63. The Labute approximate surface area is 98.7 Å². The monoisotopic (exact) mass is 237 g/mol. The summed E-state index contributed by atoms with van der Waals surface area (Å²) in [4.78, 5) is 11.7. The predicted molar refractivity (Wildman–Crippen MR) is 60.8 cm³/mol. The number of aliphatic hydroxyl groups is 1. The van der Waals surface area contributed by atoms with Crippen LogP contribution in [0.3, 0.4) is 0 Å². The molecule has 0 aliphatic heterocycles. The number of hydrogen-bond acceptors (Lipinski definition) is 4. The predicted octanol–water partition coefficient (Wildman–Crippen LogP) is 0.599. The lowest BCUT2D eigenvalue weighted by atomic mass is 9.82. The molecule has 1 aliphatic carbocycles. The molecule has 92 valence electrons. The first kappa shape index (κ1) is 11.7. The topological polar surface area (TPSA) is 89.8 Å².